The van der Waals surface area contributed by atoms with E-state index in [1.807, 2.05) is 22.9 Å². The molecule has 0 saturated heterocycles. The molecule has 1 aromatic rings. The largest absolute Gasteiger partial charge is 0.335 e. The van der Waals surface area contributed by atoms with Gasteiger partial charge in [-0.3, -0.25) is 0 Å². The van der Waals surface area contributed by atoms with Crippen molar-refractivity contribution in [1.29, 1.82) is 5.26 Å². The van der Waals surface area contributed by atoms with Crippen molar-refractivity contribution in [3.05, 3.63) is 36.2 Å². The van der Waals surface area contributed by atoms with Gasteiger partial charge in [-0.25, -0.2) is 0 Å². The first-order valence-corrected chi connectivity index (χ1v) is 5.25. The summed E-state index contributed by atoms with van der Waals surface area (Å²) in [5.41, 5.74) is 1.82. The van der Waals surface area contributed by atoms with Gasteiger partial charge in [0.05, 0.1) is 0 Å². The van der Waals surface area contributed by atoms with Crippen molar-refractivity contribution < 1.29 is 0 Å². The van der Waals surface area contributed by atoms with Crippen LogP contribution in [0.25, 0.3) is 0 Å². The molecule has 1 fully saturated rings. The van der Waals surface area contributed by atoms with Crippen LogP contribution < -0.4 is 5.32 Å². The first kappa shape index (κ1) is 10.0. The molecule has 0 atom stereocenters. The molecule has 15 heavy (non-hydrogen) atoms. The third kappa shape index (κ3) is 2.71. The second-order valence-corrected chi connectivity index (χ2v) is 4.04. The molecule has 3 heteroatoms. The highest BCUT2D eigenvalue weighted by Gasteiger charge is 2.20. The van der Waals surface area contributed by atoms with Gasteiger partial charge in [0, 0.05) is 25.3 Å². The Bertz CT molecular complexity index is 393. The molecule has 3 nitrogen and oxygen atoms in total. The summed E-state index contributed by atoms with van der Waals surface area (Å²) in [6.07, 6.45) is 4.50. The van der Waals surface area contributed by atoms with E-state index < -0.39 is 0 Å². The van der Waals surface area contributed by atoms with E-state index in [-0.39, 0.29) is 0 Å². The maximum absolute atomic E-state index is 8.83. The Hall–Kier alpha value is -1.53. The number of aromatic nitrogens is 1. The zero-order valence-corrected chi connectivity index (χ0v) is 8.74. The highest BCUT2D eigenvalue weighted by molar-refractivity contribution is 5.23. The van der Waals surface area contributed by atoms with E-state index in [1.54, 1.807) is 0 Å². The zero-order chi connectivity index (χ0) is 10.7. The van der Waals surface area contributed by atoms with Crippen LogP contribution in [0.4, 0.5) is 0 Å². The Morgan fingerprint density at radius 2 is 2.47 bits per heavy atom. The summed E-state index contributed by atoms with van der Waals surface area (Å²) in [6, 6.07) is 6.58. The molecule has 1 aliphatic carbocycles. The normalized spacial score (nSPS) is 14.9. The Morgan fingerprint density at radius 1 is 1.67 bits per heavy atom. The van der Waals surface area contributed by atoms with Gasteiger partial charge in [-0.15, -0.1) is 0 Å². The third-order valence-electron chi connectivity index (χ3n) is 2.56. The van der Waals surface area contributed by atoms with Crippen LogP contribution in [0, 0.1) is 11.3 Å². The van der Waals surface area contributed by atoms with Crippen LogP contribution in [0.3, 0.4) is 0 Å². The number of hydrogen-bond acceptors (Lipinski definition) is 2. The van der Waals surface area contributed by atoms with E-state index in [1.165, 1.54) is 12.8 Å². The second kappa shape index (κ2) is 4.33. The first-order chi connectivity index (χ1) is 7.29. The van der Waals surface area contributed by atoms with Crippen molar-refractivity contribution in [2.24, 2.45) is 0 Å². The Kier molecular flexibility index (Phi) is 2.89. The summed E-state index contributed by atoms with van der Waals surface area (Å²) in [4.78, 5) is 0. The summed E-state index contributed by atoms with van der Waals surface area (Å²) in [5.74, 6) is 0. The molecule has 0 unspecified atom stereocenters. The van der Waals surface area contributed by atoms with Gasteiger partial charge in [0.15, 0.2) is 0 Å². The average molecular weight is 201 g/mol. The van der Waals surface area contributed by atoms with Gasteiger partial charge < -0.3 is 9.88 Å². The highest BCUT2D eigenvalue weighted by atomic mass is 15.0. The highest BCUT2D eigenvalue weighted by Crippen LogP contribution is 2.18. The first-order valence-electron chi connectivity index (χ1n) is 5.25. The molecule has 1 saturated carbocycles. The number of hydrogen-bond donors (Lipinski definition) is 1. The van der Waals surface area contributed by atoms with Crippen LogP contribution in [0.1, 0.15) is 18.5 Å². The fraction of sp³-hybridized carbons (Fsp3) is 0.417. The Labute approximate surface area is 90.0 Å². The SMILES string of the molecule is C=C(CNC1CC1)Cn1cccc1C#N. The lowest BCUT2D eigenvalue weighted by Gasteiger charge is -2.08. The van der Waals surface area contributed by atoms with Gasteiger partial charge in [-0.2, -0.15) is 5.26 Å². The fourth-order valence-corrected chi connectivity index (χ4v) is 1.53. The lowest BCUT2D eigenvalue weighted by Crippen LogP contribution is -2.20. The van der Waals surface area contributed by atoms with E-state index in [2.05, 4.69) is 18.0 Å². The predicted octanol–water partition coefficient (Wildman–Crippen LogP) is 1.67. The smallest absolute Gasteiger partial charge is 0.120 e. The Balaban J connectivity index is 1.84. The lowest BCUT2D eigenvalue weighted by molar-refractivity contribution is 0.681. The molecule has 78 valence electrons. The van der Waals surface area contributed by atoms with Crippen LogP contribution in [-0.2, 0) is 6.54 Å². The molecule has 0 radical (unpaired) electrons. The molecule has 0 amide bonds. The number of nitrogens with zero attached hydrogens (tertiary/aromatic N) is 2. The lowest BCUT2D eigenvalue weighted by atomic mass is 10.3. The van der Waals surface area contributed by atoms with E-state index >= 15 is 0 Å². The molecule has 1 heterocycles. The second-order valence-electron chi connectivity index (χ2n) is 4.04. The van der Waals surface area contributed by atoms with Crippen LogP contribution in [0.15, 0.2) is 30.5 Å². The van der Waals surface area contributed by atoms with Gasteiger partial charge >= 0.3 is 0 Å². The van der Waals surface area contributed by atoms with Crippen LogP contribution in [0.5, 0.6) is 0 Å². The monoisotopic (exact) mass is 201 g/mol. The van der Waals surface area contributed by atoms with Crippen LogP contribution in [0.2, 0.25) is 0 Å². The summed E-state index contributed by atoms with van der Waals surface area (Å²) >= 11 is 0. The minimum absolute atomic E-state index is 0.697. The summed E-state index contributed by atoms with van der Waals surface area (Å²) in [5, 5.41) is 12.2. The van der Waals surface area contributed by atoms with Crippen molar-refractivity contribution in [2.45, 2.75) is 25.4 Å². The van der Waals surface area contributed by atoms with Crippen molar-refractivity contribution in [1.82, 2.24) is 9.88 Å². The molecular formula is C12H15N3. The van der Waals surface area contributed by atoms with Gasteiger partial charge in [0.1, 0.15) is 11.8 Å². The molecule has 0 aromatic carbocycles. The molecule has 1 N–H and O–H groups in total. The van der Waals surface area contributed by atoms with Crippen molar-refractivity contribution in [2.75, 3.05) is 6.54 Å². The van der Waals surface area contributed by atoms with Crippen molar-refractivity contribution in [3.63, 3.8) is 0 Å². The minimum Gasteiger partial charge on any atom is -0.335 e. The van der Waals surface area contributed by atoms with Gasteiger partial charge in [-0.1, -0.05) is 6.58 Å². The Morgan fingerprint density at radius 3 is 3.13 bits per heavy atom. The molecule has 1 aliphatic rings. The predicted molar refractivity (Wildman–Crippen MR) is 59.3 cm³/mol. The standard InChI is InChI=1S/C12H15N3/c1-10(8-14-11-4-5-11)9-15-6-2-3-12(15)7-13/h2-3,6,11,14H,1,4-5,8-9H2. The molecular weight excluding hydrogens is 186 g/mol. The molecule has 2 rings (SSSR count). The molecule has 1 aromatic heterocycles. The van der Waals surface area contributed by atoms with E-state index in [0.717, 1.165) is 18.7 Å². The van der Waals surface area contributed by atoms with Crippen molar-refractivity contribution in [3.8, 4) is 6.07 Å². The number of rotatable bonds is 5. The fourth-order valence-electron chi connectivity index (χ4n) is 1.53. The van der Waals surface area contributed by atoms with Gasteiger partial charge in [0.25, 0.3) is 0 Å². The quantitative estimate of drug-likeness (QED) is 0.736. The van der Waals surface area contributed by atoms with E-state index in [4.69, 9.17) is 5.26 Å². The molecule has 0 bridgehead atoms. The van der Waals surface area contributed by atoms with Crippen LogP contribution in [-0.4, -0.2) is 17.2 Å². The van der Waals surface area contributed by atoms with E-state index in [9.17, 15) is 0 Å². The zero-order valence-electron chi connectivity index (χ0n) is 8.74. The maximum atomic E-state index is 8.83. The van der Waals surface area contributed by atoms with E-state index in [0.29, 0.717) is 11.7 Å². The minimum atomic E-state index is 0.697. The van der Waals surface area contributed by atoms with Gasteiger partial charge in [-0.05, 0) is 30.5 Å². The van der Waals surface area contributed by atoms with Crippen molar-refractivity contribution >= 4 is 0 Å². The maximum Gasteiger partial charge on any atom is 0.120 e. The van der Waals surface area contributed by atoms with Gasteiger partial charge in [0.2, 0.25) is 0 Å². The average Bonchev–Trinajstić information content (AvgIpc) is 2.96. The molecule has 0 spiro atoms. The summed E-state index contributed by atoms with van der Waals surface area (Å²) < 4.78 is 1.93. The summed E-state index contributed by atoms with van der Waals surface area (Å²) in [6.45, 7) is 5.60. The summed E-state index contributed by atoms with van der Waals surface area (Å²) in [7, 11) is 0. The third-order valence-corrected chi connectivity index (χ3v) is 2.56. The number of nitriles is 1. The topological polar surface area (TPSA) is 40.8 Å². The molecule has 0 aliphatic heterocycles. The van der Waals surface area contributed by atoms with Crippen LogP contribution >= 0.6 is 0 Å². The number of nitrogens with one attached hydrogen (secondary N) is 1.